The van der Waals surface area contributed by atoms with E-state index in [1.54, 1.807) is 13.8 Å². The van der Waals surface area contributed by atoms with Gasteiger partial charge in [0, 0.05) is 6.61 Å². The molecular formula is C10H17F3O3S. The standard InChI is InChI=1S/C10H17F3O3S/c1-7(2)8(9(14)15)17-5-3-4-16-6-10(11,12)13/h7-8H,3-6H2,1-2H3,(H,14,15). The number of halogens is 3. The van der Waals surface area contributed by atoms with E-state index in [1.807, 2.05) is 0 Å². The SMILES string of the molecule is CC(C)C(SCCCOCC(F)(F)F)C(=O)O. The van der Waals surface area contributed by atoms with Crippen molar-refractivity contribution in [2.24, 2.45) is 5.92 Å². The summed E-state index contributed by atoms with van der Waals surface area (Å²) in [6.07, 6.45) is -3.88. The average Bonchev–Trinajstić information content (AvgIpc) is 2.13. The Labute approximate surface area is 103 Å². The van der Waals surface area contributed by atoms with Crippen LogP contribution < -0.4 is 0 Å². The average molecular weight is 274 g/mol. The minimum atomic E-state index is -4.30. The summed E-state index contributed by atoms with van der Waals surface area (Å²) >= 11 is 1.23. The fraction of sp³-hybridized carbons (Fsp3) is 0.900. The van der Waals surface area contributed by atoms with Crippen LogP contribution in [0.4, 0.5) is 13.2 Å². The molecule has 7 heteroatoms. The molecule has 0 rings (SSSR count). The van der Waals surface area contributed by atoms with Gasteiger partial charge in [-0.05, 0) is 18.1 Å². The normalized spacial score (nSPS) is 14.0. The van der Waals surface area contributed by atoms with E-state index in [9.17, 15) is 18.0 Å². The molecule has 3 nitrogen and oxygen atoms in total. The van der Waals surface area contributed by atoms with Crippen molar-refractivity contribution < 1.29 is 27.8 Å². The van der Waals surface area contributed by atoms with Gasteiger partial charge in [0.15, 0.2) is 0 Å². The van der Waals surface area contributed by atoms with Gasteiger partial charge in [0.05, 0.1) is 0 Å². The molecule has 17 heavy (non-hydrogen) atoms. The molecule has 102 valence electrons. The Morgan fingerprint density at radius 3 is 2.41 bits per heavy atom. The number of hydrogen-bond donors (Lipinski definition) is 1. The van der Waals surface area contributed by atoms with Gasteiger partial charge in [-0.3, -0.25) is 4.79 Å². The van der Waals surface area contributed by atoms with Crippen molar-refractivity contribution in [2.45, 2.75) is 31.7 Å². The topological polar surface area (TPSA) is 46.5 Å². The highest BCUT2D eigenvalue weighted by Crippen LogP contribution is 2.20. The van der Waals surface area contributed by atoms with Crippen LogP contribution in [0.1, 0.15) is 20.3 Å². The highest BCUT2D eigenvalue weighted by molar-refractivity contribution is 8.00. The van der Waals surface area contributed by atoms with Crippen LogP contribution in [0.5, 0.6) is 0 Å². The number of aliphatic carboxylic acids is 1. The minimum Gasteiger partial charge on any atom is -0.480 e. The summed E-state index contributed by atoms with van der Waals surface area (Å²) in [5, 5.41) is 8.34. The predicted octanol–water partition coefficient (Wildman–Crippen LogP) is 2.80. The number of carboxylic acids is 1. The summed E-state index contributed by atoms with van der Waals surface area (Å²) < 4.78 is 39.5. The number of thioether (sulfide) groups is 1. The van der Waals surface area contributed by atoms with E-state index in [2.05, 4.69) is 4.74 Å². The lowest BCUT2D eigenvalue weighted by Gasteiger charge is -2.15. The highest BCUT2D eigenvalue weighted by atomic mass is 32.2. The molecule has 0 aromatic rings. The molecule has 1 N–H and O–H groups in total. The lowest BCUT2D eigenvalue weighted by atomic mass is 10.1. The Morgan fingerprint density at radius 2 is 2.00 bits per heavy atom. The fourth-order valence-electron chi connectivity index (χ4n) is 1.11. The van der Waals surface area contributed by atoms with Crippen molar-refractivity contribution >= 4 is 17.7 Å². The van der Waals surface area contributed by atoms with Gasteiger partial charge in [0.25, 0.3) is 0 Å². The van der Waals surface area contributed by atoms with Crippen molar-refractivity contribution in [2.75, 3.05) is 19.0 Å². The summed E-state index contributed by atoms with van der Waals surface area (Å²) in [5.41, 5.74) is 0. The van der Waals surface area contributed by atoms with Gasteiger partial charge >= 0.3 is 12.1 Å². The van der Waals surface area contributed by atoms with Crippen molar-refractivity contribution in [3.8, 4) is 0 Å². The number of rotatable bonds is 8. The lowest BCUT2D eigenvalue weighted by Crippen LogP contribution is -2.23. The summed E-state index contributed by atoms with van der Waals surface area (Å²) in [6.45, 7) is 2.35. The van der Waals surface area contributed by atoms with Gasteiger partial charge in [0.1, 0.15) is 11.9 Å². The van der Waals surface area contributed by atoms with Crippen molar-refractivity contribution in [1.82, 2.24) is 0 Å². The first-order valence-corrected chi connectivity index (χ1v) is 6.28. The third-order valence-corrected chi connectivity index (χ3v) is 3.47. The van der Waals surface area contributed by atoms with Crippen LogP contribution in [0.25, 0.3) is 0 Å². The Bertz CT molecular complexity index is 231. The van der Waals surface area contributed by atoms with Gasteiger partial charge in [-0.1, -0.05) is 13.8 Å². The monoisotopic (exact) mass is 274 g/mol. The third kappa shape index (κ3) is 9.29. The third-order valence-electron chi connectivity index (χ3n) is 1.85. The molecule has 0 bridgehead atoms. The van der Waals surface area contributed by atoms with E-state index in [-0.39, 0.29) is 12.5 Å². The molecule has 1 atom stereocenters. The second kappa shape index (κ2) is 7.81. The second-order valence-electron chi connectivity index (χ2n) is 3.89. The molecular weight excluding hydrogens is 257 g/mol. The number of carbonyl (C=O) groups is 1. The second-order valence-corrected chi connectivity index (χ2v) is 5.14. The quantitative estimate of drug-likeness (QED) is 0.691. The van der Waals surface area contributed by atoms with Crippen LogP contribution in [0, 0.1) is 5.92 Å². The van der Waals surface area contributed by atoms with Gasteiger partial charge in [-0.15, -0.1) is 11.8 Å². The first-order valence-electron chi connectivity index (χ1n) is 5.23. The van der Waals surface area contributed by atoms with E-state index in [0.29, 0.717) is 12.2 Å². The van der Waals surface area contributed by atoms with E-state index >= 15 is 0 Å². The van der Waals surface area contributed by atoms with Crippen LogP contribution in [-0.2, 0) is 9.53 Å². The zero-order valence-electron chi connectivity index (χ0n) is 9.79. The maximum absolute atomic E-state index is 11.7. The molecule has 0 saturated heterocycles. The van der Waals surface area contributed by atoms with E-state index in [0.717, 1.165) is 0 Å². The van der Waals surface area contributed by atoms with Crippen molar-refractivity contribution in [3.05, 3.63) is 0 Å². The van der Waals surface area contributed by atoms with Crippen LogP contribution >= 0.6 is 11.8 Å². The Hall–Kier alpha value is -0.430. The van der Waals surface area contributed by atoms with Gasteiger partial charge < -0.3 is 9.84 Å². The molecule has 0 amide bonds. The van der Waals surface area contributed by atoms with Crippen molar-refractivity contribution in [1.29, 1.82) is 0 Å². The van der Waals surface area contributed by atoms with E-state index in [4.69, 9.17) is 5.11 Å². The Kier molecular flexibility index (Phi) is 7.61. The maximum Gasteiger partial charge on any atom is 0.411 e. The number of ether oxygens (including phenoxy) is 1. The number of carboxylic acid groups (broad SMARTS) is 1. The molecule has 0 aromatic carbocycles. The Balaban J connectivity index is 3.60. The van der Waals surface area contributed by atoms with Crippen LogP contribution in [0.2, 0.25) is 0 Å². The molecule has 0 radical (unpaired) electrons. The first kappa shape index (κ1) is 16.6. The molecule has 0 aliphatic heterocycles. The minimum absolute atomic E-state index is 0.00303. The summed E-state index contributed by atoms with van der Waals surface area (Å²) in [7, 11) is 0. The number of hydrogen-bond acceptors (Lipinski definition) is 3. The number of alkyl halides is 3. The molecule has 0 aliphatic rings. The molecule has 0 heterocycles. The van der Waals surface area contributed by atoms with E-state index in [1.165, 1.54) is 11.8 Å². The fourth-order valence-corrected chi connectivity index (χ4v) is 2.17. The zero-order valence-corrected chi connectivity index (χ0v) is 10.6. The molecule has 0 saturated carbocycles. The summed E-state index contributed by atoms with van der Waals surface area (Å²) in [5.74, 6) is -0.415. The van der Waals surface area contributed by atoms with Gasteiger partial charge in [-0.25, -0.2) is 0 Å². The van der Waals surface area contributed by atoms with Crippen LogP contribution in [-0.4, -0.2) is 41.5 Å². The molecule has 1 unspecified atom stereocenters. The maximum atomic E-state index is 11.7. The molecule has 0 fully saturated rings. The largest absolute Gasteiger partial charge is 0.480 e. The molecule has 0 spiro atoms. The first-order chi connectivity index (χ1) is 7.74. The van der Waals surface area contributed by atoms with Gasteiger partial charge in [-0.2, -0.15) is 13.2 Å². The smallest absolute Gasteiger partial charge is 0.411 e. The lowest BCUT2D eigenvalue weighted by molar-refractivity contribution is -0.173. The Morgan fingerprint density at radius 1 is 1.41 bits per heavy atom. The molecule has 0 aliphatic carbocycles. The summed E-state index contributed by atoms with van der Waals surface area (Å²) in [4.78, 5) is 10.8. The molecule has 0 aromatic heterocycles. The predicted molar refractivity (Wildman–Crippen MR) is 60.2 cm³/mol. The van der Waals surface area contributed by atoms with E-state index < -0.39 is 24.0 Å². The zero-order chi connectivity index (χ0) is 13.5. The van der Waals surface area contributed by atoms with Crippen LogP contribution in [0.3, 0.4) is 0 Å². The summed E-state index contributed by atoms with van der Waals surface area (Å²) in [6, 6.07) is 0. The van der Waals surface area contributed by atoms with Crippen LogP contribution in [0.15, 0.2) is 0 Å². The van der Waals surface area contributed by atoms with Crippen molar-refractivity contribution in [3.63, 3.8) is 0 Å². The highest BCUT2D eigenvalue weighted by Gasteiger charge is 2.27. The van der Waals surface area contributed by atoms with Gasteiger partial charge in [0.2, 0.25) is 0 Å².